The van der Waals surface area contributed by atoms with Crippen LogP contribution in [0, 0.1) is 6.92 Å². The summed E-state index contributed by atoms with van der Waals surface area (Å²) in [5.41, 5.74) is 3.63. The van der Waals surface area contributed by atoms with Crippen molar-refractivity contribution in [2.75, 3.05) is 0 Å². The average Bonchev–Trinajstić information content (AvgIpc) is 2.74. The molecular formula is C13H15NS. The third-order valence-corrected chi connectivity index (χ3v) is 3.31. The molecule has 2 heteroatoms. The zero-order chi connectivity index (χ0) is 10.7. The van der Waals surface area contributed by atoms with Gasteiger partial charge in [0.2, 0.25) is 0 Å². The Labute approximate surface area is 96.2 Å². The SMILES string of the molecule is Cc1cccc(C2CCCC2)c1N=C=S. The lowest BCUT2D eigenvalue weighted by molar-refractivity contribution is 0.723. The van der Waals surface area contributed by atoms with Crippen LogP contribution in [0.15, 0.2) is 23.2 Å². The molecule has 0 heterocycles. The minimum absolute atomic E-state index is 0.687. The van der Waals surface area contributed by atoms with Crippen LogP contribution in [-0.2, 0) is 0 Å². The molecule has 78 valence electrons. The highest BCUT2D eigenvalue weighted by atomic mass is 32.1. The highest BCUT2D eigenvalue weighted by molar-refractivity contribution is 7.78. The first kappa shape index (κ1) is 10.5. The van der Waals surface area contributed by atoms with Crippen molar-refractivity contribution in [1.82, 2.24) is 0 Å². The van der Waals surface area contributed by atoms with Gasteiger partial charge in [0.25, 0.3) is 0 Å². The third-order valence-electron chi connectivity index (χ3n) is 3.22. The van der Waals surface area contributed by atoms with Crippen molar-refractivity contribution < 1.29 is 0 Å². The van der Waals surface area contributed by atoms with Crippen molar-refractivity contribution in [3.05, 3.63) is 29.3 Å². The summed E-state index contributed by atoms with van der Waals surface area (Å²) in [5.74, 6) is 0.687. The van der Waals surface area contributed by atoms with Gasteiger partial charge in [-0.05, 0) is 49.0 Å². The normalized spacial score (nSPS) is 16.3. The molecule has 0 saturated heterocycles. The molecule has 0 aromatic heterocycles. The van der Waals surface area contributed by atoms with Gasteiger partial charge in [-0.2, -0.15) is 4.99 Å². The molecule has 0 unspecified atom stereocenters. The molecule has 0 bridgehead atoms. The van der Waals surface area contributed by atoms with Crippen LogP contribution >= 0.6 is 12.2 Å². The summed E-state index contributed by atoms with van der Waals surface area (Å²) in [7, 11) is 0. The molecular weight excluding hydrogens is 202 g/mol. The fourth-order valence-electron chi connectivity index (χ4n) is 2.45. The number of rotatable bonds is 2. The van der Waals surface area contributed by atoms with Gasteiger partial charge >= 0.3 is 0 Å². The fraction of sp³-hybridized carbons (Fsp3) is 0.462. The first-order chi connectivity index (χ1) is 7.33. The van der Waals surface area contributed by atoms with Crippen LogP contribution in [0.2, 0.25) is 0 Å². The Morgan fingerprint density at radius 1 is 1.33 bits per heavy atom. The summed E-state index contributed by atoms with van der Waals surface area (Å²) in [5, 5.41) is 2.50. The van der Waals surface area contributed by atoms with E-state index in [0.717, 1.165) is 5.69 Å². The van der Waals surface area contributed by atoms with Crippen LogP contribution in [-0.4, -0.2) is 5.16 Å². The van der Waals surface area contributed by atoms with Gasteiger partial charge in [0, 0.05) is 0 Å². The summed E-state index contributed by atoms with van der Waals surface area (Å²) in [6, 6.07) is 6.39. The first-order valence-corrected chi connectivity index (χ1v) is 5.91. The molecule has 0 N–H and O–H groups in total. The predicted molar refractivity (Wildman–Crippen MR) is 67.1 cm³/mol. The lowest BCUT2D eigenvalue weighted by Gasteiger charge is -2.13. The van der Waals surface area contributed by atoms with Gasteiger partial charge in [0.15, 0.2) is 0 Å². The summed E-state index contributed by atoms with van der Waals surface area (Å²) in [6.07, 6.45) is 5.28. The van der Waals surface area contributed by atoms with Crippen LogP contribution in [0.1, 0.15) is 42.7 Å². The van der Waals surface area contributed by atoms with Crippen LogP contribution in [0.25, 0.3) is 0 Å². The van der Waals surface area contributed by atoms with E-state index >= 15 is 0 Å². The molecule has 1 aliphatic rings. The smallest absolute Gasteiger partial charge is 0.0803 e. The molecule has 0 radical (unpaired) electrons. The molecule has 15 heavy (non-hydrogen) atoms. The number of para-hydroxylation sites is 1. The van der Waals surface area contributed by atoms with Crippen molar-refractivity contribution in [2.45, 2.75) is 38.5 Å². The van der Waals surface area contributed by atoms with Gasteiger partial charge in [0.1, 0.15) is 0 Å². The third kappa shape index (κ3) is 2.17. The van der Waals surface area contributed by atoms with Crippen molar-refractivity contribution >= 4 is 23.1 Å². The van der Waals surface area contributed by atoms with E-state index in [2.05, 4.69) is 35.3 Å². The molecule has 0 amide bonds. The number of aliphatic imine (C=N–C) groups is 1. The molecule has 0 spiro atoms. The molecule has 2 rings (SSSR count). The fourth-order valence-corrected chi connectivity index (χ4v) is 2.54. The Balaban J connectivity index is 2.44. The number of benzene rings is 1. The maximum Gasteiger partial charge on any atom is 0.0803 e. The van der Waals surface area contributed by atoms with Crippen molar-refractivity contribution in [2.24, 2.45) is 4.99 Å². The van der Waals surface area contributed by atoms with Gasteiger partial charge in [-0.3, -0.25) is 0 Å². The van der Waals surface area contributed by atoms with Crippen molar-refractivity contribution in [3.8, 4) is 0 Å². The van der Waals surface area contributed by atoms with E-state index in [1.54, 1.807) is 0 Å². The summed E-state index contributed by atoms with van der Waals surface area (Å²) in [4.78, 5) is 4.22. The lowest BCUT2D eigenvalue weighted by Crippen LogP contribution is -1.93. The zero-order valence-corrected chi connectivity index (χ0v) is 9.81. The summed E-state index contributed by atoms with van der Waals surface area (Å²) < 4.78 is 0. The first-order valence-electron chi connectivity index (χ1n) is 5.50. The second-order valence-electron chi connectivity index (χ2n) is 4.20. The molecule has 1 nitrogen and oxygen atoms in total. The molecule has 0 atom stereocenters. The number of hydrogen-bond donors (Lipinski definition) is 0. The van der Waals surface area contributed by atoms with Crippen LogP contribution in [0.3, 0.4) is 0 Å². The average molecular weight is 217 g/mol. The van der Waals surface area contributed by atoms with E-state index in [0.29, 0.717) is 5.92 Å². The molecule has 1 fully saturated rings. The van der Waals surface area contributed by atoms with Crippen LogP contribution in [0.4, 0.5) is 5.69 Å². The standard InChI is InChI=1S/C13H15NS/c1-10-5-4-8-12(13(10)14-9-15)11-6-2-3-7-11/h4-5,8,11H,2-3,6-7H2,1H3. The largest absolute Gasteiger partial charge is 0.194 e. The Hall–Kier alpha value is -0.980. The predicted octanol–water partition coefficient (Wildman–Crippen LogP) is 4.39. The van der Waals surface area contributed by atoms with E-state index in [1.165, 1.54) is 36.8 Å². The number of aryl methyl sites for hydroxylation is 1. The Bertz CT molecular complexity index is 399. The topological polar surface area (TPSA) is 12.4 Å². The quantitative estimate of drug-likeness (QED) is 0.528. The number of hydrogen-bond acceptors (Lipinski definition) is 2. The Morgan fingerprint density at radius 2 is 2.07 bits per heavy atom. The van der Waals surface area contributed by atoms with Crippen molar-refractivity contribution in [3.63, 3.8) is 0 Å². The molecule has 1 aromatic rings. The van der Waals surface area contributed by atoms with Gasteiger partial charge in [-0.15, -0.1) is 0 Å². The highest BCUT2D eigenvalue weighted by Gasteiger charge is 2.20. The lowest BCUT2D eigenvalue weighted by atomic mass is 9.94. The summed E-state index contributed by atoms with van der Waals surface area (Å²) >= 11 is 4.71. The second kappa shape index (κ2) is 4.69. The van der Waals surface area contributed by atoms with Crippen LogP contribution < -0.4 is 0 Å². The molecule has 1 aromatic carbocycles. The summed E-state index contributed by atoms with van der Waals surface area (Å²) in [6.45, 7) is 2.09. The van der Waals surface area contributed by atoms with Gasteiger partial charge in [-0.1, -0.05) is 31.0 Å². The van der Waals surface area contributed by atoms with Crippen LogP contribution in [0.5, 0.6) is 0 Å². The number of thiocarbonyl (C=S) groups is 1. The molecule has 0 aliphatic heterocycles. The van der Waals surface area contributed by atoms with E-state index in [9.17, 15) is 0 Å². The Kier molecular flexibility index (Phi) is 3.30. The molecule has 1 aliphatic carbocycles. The Morgan fingerprint density at radius 3 is 2.73 bits per heavy atom. The molecule has 1 saturated carbocycles. The maximum atomic E-state index is 4.71. The zero-order valence-electron chi connectivity index (χ0n) is 8.99. The maximum absolute atomic E-state index is 4.71. The minimum Gasteiger partial charge on any atom is -0.194 e. The minimum atomic E-state index is 0.687. The van der Waals surface area contributed by atoms with E-state index in [4.69, 9.17) is 12.2 Å². The van der Waals surface area contributed by atoms with E-state index in [-0.39, 0.29) is 0 Å². The highest BCUT2D eigenvalue weighted by Crippen LogP contribution is 2.39. The van der Waals surface area contributed by atoms with Gasteiger partial charge in [0.05, 0.1) is 10.8 Å². The van der Waals surface area contributed by atoms with E-state index in [1.807, 2.05) is 0 Å². The number of nitrogens with zero attached hydrogens (tertiary/aromatic N) is 1. The van der Waals surface area contributed by atoms with Gasteiger partial charge in [-0.25, -0.2) is 0 Å². The van der Waals surface area contributed by atoms with Gasteiger partial charge < -0.3 is 0 Å². The second-order valence-corrected chi connectivity index (χ2v) is 4.38. The monoisotopic (exact) mass is 217 g/mol. The number of isothiocyanates is 1. The van der Waals surface area contributed by atoms with Crippen molar-refractivity contribution in [1.29, 1.82) is 0 Å². The van der Waals surface area contributed by atoms with E-state index < -0.39 is 0 Å².